The average molecular weight is 402 g/mol. The smallest absolute Gasteiger partial charge is 0.302 e. The summed E-state index contributed by atoms with van der Waals surface area (Å²) in [5.74, 6) is 0.646. The van der Waals surface area contributed by atoms with Gasteiger partial charge in [-0.2, -0.15) is 0 Å². The quantitative estimate of drug-likeness (QED) is 0.780. The summed E-state index contributed by atoms with van der Waals surface area (Å²) in [6, 6.07) is 4.89. The van der Waals surface area contributed by atoms with Gasteiger partial charge < -0.3 is 9.80 Å². The zero-order valence-electron chi connectivity index (χ0n) is 16.7. The van der Waals surface area contributed by atoms with Crippen LogP contribution in [0.5, 0.6) is 0 Å². The van der Waals surface area contributed by atoms with Crippen LogP contribution in [0.4, 0.5) is 10.5 Å². The molecule has 28 heavy (non-hydrogen) atoms. The van der Waals surface area contributed by atoms with Crippen LogP contribution in [-0.2, 0) is 4.79 Å². The van der Waals surface area contributed by atoms with Crippen LogP contribution >= 0.6 is 11.6 Å². The third kappa shape index (κ3) is 2.60. The predicted octanol–water partition coefficient (Wildman–Crippen LogP) is 3.25. The molecule has 2 unspecified atom stereocenters. The van der Waals surface area contributed by atoms with Gasteiger partial charge in [0.15, 0.2) is 12.2 Å². The van der Waals surface area contributed by atoms with Gasteiger partial charge in [-0.1, -0.05) is 31.5 Å². The first-order valence-corrected chi connectivity index (χ1v) is 9.78. The second-order valence-electron chi connectivity index (χ2n) is 7.92. The van der Waals surface area contributed by atoms with Gasteiger partial charge in [-0.25, -0.2) is 9.79 Å². The maximum atomic E-state index is 13.2. The second-order valence-corrected chi connectivity index (χ2v) is 8.33. The lowest BCUT2D eigenvalue weighted by molar-refractivity contribution is -0.137. The molecule has 4 rings (SSSR count). The summed E-state index contributed by atoms with van der Waals surface area (Å²) in [5.41, 5.74) is 2.81. The lowest BCUT2D eigenvalue weighted by Gasteiger charge is -2.40. The van der Waals surface area contributed by atoms with E-state index in [1.807, 2.05) is 61.9 Å². The Morgan fingerprint density at radius 1 is 1.21 bits per heavy atom. The molecule has 0 saturated carbocycles. The fourth-order valence-corrected chi connectivity index (χ4v) is 4.19. The number of hydrogen-bond acceptors (Lipinski definition) is 5. The molecule has 0 aromatic heterocycles. The number of rotatable bonds is 3. The lowest BCUT2D eigenvalue weighted by Crippen LogP contribution is -2.64. The van der Waals surface area contributed by atoms with E-state index >= 15 is 0 Å². The van der Waals surface area contributed by atoms with E-state index in [4.69, 9.17) is 16.6 Å². The molecular formula is C20H24ClN5O2. The van der Waals surface area contributed by atoms with Gasteiger partial charge in [-0.3, -0.25) is 14.6 Å². The number of nitrogens with zero attached hydrogens (tertiary/aromatic N) is 5. The Balaban J connectivity index is 1.74. The number of benzene rings is 1. The number of likely N-dealkylation sites (N-methyl/N-ethyl adjacent to an activating group) is 1. The largest absolute Gasteiger partial charge is 0.328 e. The highest BCUT2D eigenvalue weighted by Crippen LogP contribution is 2.38. The Hall–Kier alpha value is -2.54. The van der Waals surface area contributed by atoms with Crippen LogP contribution in [0, 0.1) is 12.8 Å². The van der Waals surface area contributed by atoms with Crippen molar-refractivity contribution in [2.45, 2.75) is 39.9 Å². The van der Waals surface area contributed by atoms with E-state index in [-0.39, 0.29) is 17.9 Å². The van der Waals surface area contributed by atoms with Crippen molar-refractivity contribution in [2.75, 3.05) is 18.5 Å². The van der Waals surface area contributed by atoms with Gasteiger partial charge in [-0.05, 0) is 37.5 Å². The molecule has 7 nitrogen and oxygen atoms in total. The van der Waals surface area contributed by atoms with Crippen molar-refractivity contribution in [3.8, 4) is 0 Å². The van der Waals surface area contributed by atoms with E-state index in [1.54, 1.807) is 11.9 Å². The van der Waals surface area contributed by atoms with Crippen molar-refractivity contribution in [2.24, 2.45) is 10.9 Å². The van der Waals surface area contributed by atoms with Gasteiger partial charge in [0.1, 0.15) is 0 Å². The first-order valence-electron chi connectivity index (χ1n) is 9.40. The molecule has 0 radical (unpaired) electrons. The summed E-state index contributed by atoms with van der Waals surface area (Å²) in [7, 11) is 1.71. The van der Waals surface area contributed by atoms with Crippen molar-refractivity contribution in [3.63, 3.8) is 0 Å². The molecule has 1 fully saturated rings. The normalized spacial score (nSPS) is 24.1. The Morgan fingerprint density at radius 3 is 2.61 bits per heavy atom. The maximum Gasteiger partial charge on any atom is 0.328 e. The predicted molar refractivity (Wildman–Crippen MR) is 109 cm³/mol. The highest BCUT2D eigenvalue weighted by molar-refractivity contribution is 6.32. The fraction of sp³-hybridized carbons (Fsp3) is 0.450. The Labute approximate surface area is 169 Å². The first kappa shape index (κ1) is 18.8. The van der Waals surface area contributed by atoms with Gasteiger partial charge in [0.2, 0.25) is 5.96 Å². The number of aliphatic imine (C=N–C) groups is 1. The van der Waals surface area contributed by atoms with Crippen LogP contribution in [0.3, 0.4) is 0 Å². The number of imide groups is 1. The molecule has 0 bridgehead atoms. The van der Waals surface area contributed by atoms with Crippen molar-refractivity contribution in [3.05, 3.63) is 40.7 Å². The maximum absolute atomic E-state index is 13.2. The molecule has 3 heterocycles. The molecule has 0 N–H and O–H groups in total. The molecule has 1 aromatic rings. The van der Waals surface area contributed by atoms with Crippen LogP contribution in [0.1, 0.15) is 26.3 Å². The highest BCUT2D eigenvalue weighted by Gasteiger charge is 2.54. The Bertz CT molecular complexity index is 925. The van der Waals surface area contributed by atoms with Crippen molar-refractivity contribution < 1.29 is 9.59 Å². The number of halogens is 1. The molecule has 2 atom stereocenters. The van der Waals surface area contributed by atoms with E-state index < -0.39 is 12.2 Å². The highest BCUT2D eigenvalue weighted by atomic mass is 35.5. The summed E-state index contributed by atoms with van der Waals surface area (Å²) >= 11 is 6.32. The molecule has 0 spiro atoms. The number of allylic oxidation sites excluding steroid dienone is 1. The Kier molecular flexibility index (Phi) is 4.38. The summed E-state index contributed by atoms with van der Waals surface area (Å²) < 4.78 is 0. The number of anilines is 1. The van der Waals surface area contributed by atoms with Gasteiger partial charge in [0.25, 0.3) is 5.91 Å². The van der Waals surface area contributed by atoms with E-state index in [9.17, 15) is 9.59 Å². The monoisotopic (exact) mass is 401 g/mol. The summed E-state index contributed by atoms with van der Waals surface area (Å²) in [6.07, 6.45) is 1.39. The summed E-state index contributed by atoms with van der Waals surface area (Å²) in [4.78, 5) is 37.5. The van der Waals surface area contributed by atoms with Crippen LogP contribution < -0.4 is 4.90 Å². The van der Waals surface area contributed by atoms with E-state index in [0.29, 0.717) is 17.5 Å². The third-order valence-corrected chi connectivity index (χ3v) is 5.83. The Morgan fingerprint density at radius 2 is 1.93 bits per heavy atom. The van der Waals surface area contributed by atoms with Crippen LogP contribution in [0.2, 0.25) is 5.02 Å². The molecule has 1 aromatic carbocycles. The van der Waals surface area contributed by atoms with E-state index in [2.05, 4.69) is 0 Å². The topological polar surface area (TPSA) is 59.5 Å². The number of carbonyl (C=O) groups is 2. The second kappa shape index (κ2) is 6.51. The van der Waals surface area contributed by atoms with Crippen molar-refractivity contribution >= 4 is 35.2 Å². The number of guanidine groups is 1. The van der Waals surface area contributed by atoms with Crippen LogP contribution in [-0.4, -0.2) is 58.4 Å². The lowest BCUT2D eigenvalue weighted by atomic mass is 10.1. The number of hydrogen-bond donors (Lipinski definition) is 0. The van der Waals surface area contributed by atoms with E-state index in [1.165, 1.54) is 4.90 Å². The fourth-order valence-electron chi connectivity index (χ4n) is 4.02. The number of fused-ring (bicyclic) bond motifs is 3. The molecule has 0 aliphatic carbocycles. The van der Waals surface area contributed by atoms with Crippen LogP contribution in [0.15, 0.2) is 35.1 Å². The first-order chi connectivity index (χ1) is 13.2. The van der Waals surface area contributed by atoms with Gasteiger partial charge in [0, 0.05) is 30.5 Å². The van der Waals surface area contributed by atoms with Gasteiger partial charge in [0.05, 0.1) is 5.69 Å². The number of amides is 3. The van der Waals surface area contributed by atoms with Crippen molar-refractivity contribution in [1.29, 1.82) is 0 Å². The standard InChI is InChI=1S/C20H24ClN5O2/c1-11(2)9-25-18(27)16-17(23(5)20(25)28)22-19-24(16)10-12(3)26(19)15-8-6-7-14(21)13(15)4/h6-8,10-11,16-17H,9H2,1-5H3. The third-order valence-electron chi connectivity index (χ3n) is 5.42. The number of carbonyl (C=O) groups excluding carboxylic acids is 2. The molecule has 148 valence electrons. The molecular weight excluding hydrogens is 378 g/mol. The average Bonchev–Trinajstić information content (AvgIpc) is 3.14. The van der Waals surface area contributed by atoms with Gasteiger partial charge >= 0.3 is 6.03 Å². The summed E-state index contributed by atoms with van der Waals surface area (Å²) in [6.45, 7) is 8.32. The minimum absolute atomic E-state index is 0.195. The van der Waals surface area contributed by atoms with Crippen LogP contribution in [0.25, 0.3) is 0 Å². The molecule has 3 aliphatic rings. The molecule has 1 saturated heterocycles. The molecule has 3 amide bonds. The van der Waals surface area contributed by atoms with E-state index in [0.717, 1.165) is 16.9 Å². The molecule has 3 aliphatic heterocycles. The zero-order chi connectivity index (χ0) is 20.3. The SMILES string of the molecule is CC1=CN2C(=NC3C2C(=O)N(CC(C)C)C(=O)N3C)N1c1cccc(Cl)c1C. The minimum Gasteiger partial charge on any atom is -0.302 e. The molecule has 8 heteroatoms. The zero-order valence-corrected chi connectivity index (χ0v) is 17.4. The van der Waals surface area contributed by atoms with Crippen molar-refractivity contribution in [1.82, 2.24) is 14.7 Å². The minimum atomic E-state index is -0.545. The van der Waals surface area contributed by atoms with Gasteiger partial charge in [-0.15, -0.1) is 0 Å². The summed E-state index contributed by atoms with van der Waals surface area (Å²) in [5, 5.41) is 0.672. The number of urea groups is 1.